The first-order valence-corrected chi connectivity index (χ1v) is 14.7. The normalized spacial score (nSPS) is 22.8. The maximum absolute atomic E-state index is 13.0. The summed E-state index contributed by atoms with van der Waals surface area (Å²) < 4.78 is 0. The van der Waals surface area contributed by atoms with Gasteiger partial charge in [0, 0.05) is 12.6 Å². The average Bonchev–Trinajstić information content (AvgIpc) is 3.47. The number of benzene rings is 3. The molecule has 1 saturated carbocycles. The Labute approximate surface area is 233 Å². The second-order valence-corrected chi connectivity index (χ2v) is 11.5. The maximum atomic E-state index is 13.0. The standard InChI is InChI=1S/C34H43N3O2/c1-26(34(39,30-13-7-3-8-14-30)31-15-9-4-10-16-31)35-33(38)36-32-19-17-27(18-20-32)21-23-37-24-22-29(25-37)28-11-5-2-6-12-28/h2-16,26-27,29,32,39H,17-25H2,1H3,(H2,35,36,38)/t26-,27?,29?,32?/m0/s1. The molecule has 1 aliphatic heterocycles. The molecule has 1 saturated heterocycles. The first kappa shape index (κ1) is 27.4. The van der Waals surface area contributed by atoms with E-state index in [9.17, 15) is 9.90 Å². The predicted molar refractivity (Wildman–Crippen MR) is 158 cm³/mol. The lowest BCUT2D eigenvalue weighted by Gasteiger charge is -2.36. The molecule has 2 atom stereocenters. The third-order valence-electron chi connectivity index (χ3n) is 8.98. The van der Waals surface area contributed by atoms with Gasteiger partial charge in [-0.15, -0.1) is 0 Å². The third-order valence-corrected chi connectivity index (χ3v) is 8.98. The van der Waals surface area contributed by atoms with Gasteiger partial charge in [0.25, 0.3) is 0 Å². The second kappa shape index (κ2) is 12.8. The third kappa shape index (κ3) is 6.71. The number of amides is 2. The van der Waals surface area contributed by atoms with Gasteiger partial charge in [-0.1, -0.05) is 91.0 Å². The number of nitrogens with one attached hydrogen (secondary N) is 2. The molecule has 1 aliphatic carbocycles. The Bertz CT molecular complexity index is 1120. The second-order valence-electron chi connectivity index (χ2n) is 11.5. The average molecular weight is 526 g/mol. The van der Waals surface area contributed by atoms with Crippen molar-refractivity contribution in [3.05, 3.63) is 108 Å². The van der Waals surface area contributed by atoms with E-state index in [1.54, 1.807) is 0 Å². The van der Waals surface area contributed by atoms with Crippen LogP contribution in [0.15, 0.2) is 91.0 Å². The minimum Gasteiger partial charge on any atom is -0.378 e. The number of rotatable bonds is 9. The topological polar surface area (TPSA) is 64.6 Å². The molecule has 5 heteroatoms. The molecule has 1 unspecified atom stereocenters. The van der Waals surface area contributed by atoms with Crippen LogP contribution in [-0.2, 0) is 5.60 Å². The molecule has 206 valence electrons. The van der Waals surface area contributed by atoms with Crippen molar-refractivity contribution in [2.24, 2.45) is 5.92 Å². The summed E-state index contributed by atoms with van der Waals surface area (Å²) in [7, 11) is 0. The highest BCUT2D eigenvalue weighted by molar-refractivity contribution is 5.75. The van der Waals surface area contributed by atoms with Crippen molar-refractivity contribution >= 4 is 6.03 Å². The van der Waals surface area contributed by atoms with Crippen molar-refractivity contribution < 1.29 is 9.90 Å². The molecule has 0 spiro atoms. The molecule has 3 aromatic rings. The summed E-state index contributed by atoms with van der Waals surface area (Å²) in [5.74, 6) is 1.41. The highest BCUT2D eigenvalue weighted by atomic mass is 16.3. The van der Waals surface area contributed by atoms with Crippen LogP contribution in [0.25, 0.3) is 0 Å². The number of hydrogen-bond donors (Lipinski definition) is 3. The molecule has 5 nitrogen and oxygen atoms in total. The van der Waals surface area contributed by atoms with Crippen LogP contribution in [0.3, 0.4) is 0 Å². The lowest BCUT2D eigenvalue weighted by atomic mass is 9.81. The predicted octanol–water partition coefficient (Wildman–Crippen LogP) is 6.05. The van der Waals surface area contributed by atoms with E-state index in [0.29, 0.717) is 5.92 Å². The van der Waals surface area contributed by atoms with Gasteiger partial charge in [-0.2, -0.15) is 0 Å². The molecule has 0 radical (unpaired) electrons. The van der Waals surface area contributed by atoms with E-state index in [-0.39, 0.29) is 12.1 Å². The Balaban J connectivity index is 1.08. The number of likely N-dealkylation sites (tertiary alicyclic amines) is 1. The molecular weight excluding hydrogens is 482 g/mol. The molecule has 2 aliphatic rings. The van der Waals surface area contributed by atoms with Crippen LogP contribution in [-0.4, -0.2) is 47.8 Å². The highest BCUT2D eigenvalue weighted by Gasteiger charge is 2.38. The van der Waals surface area contributed by atoms with E-state index >= 15 is 0 Å². The number of nitrogens with zero attached hydrogens (tertiary/aromatic N) is 1. The Morgan fingerprint density at radius 3 is 2.03 bits per heavy atom. The van der Waals surface area contributed by atoms with Gasteiger partial charge < -0.3 is 20.6 Å². The monoisotopic (exact) mass is 525 g/mol. The SMILES string of the molecule is C[C@H](NC(=O)NC1CCC(CCN2CCC(c3ccccc3)C2)CC1)C(O)(c1ccccc1)c1ccccc1. The number of hydrogen-bond acceptors (Lipinski definition) is 3. The molecular formula is C34H43N3O2. The molecule has 0 aromatic heterocycles. The largest absolute Gasteiger partial charge is 0.378 e. The molecule has 0 bridgehead atoms. The van der Waals surface area contributed by atoms with E-state index in [1.165, 1.54) is 38.0 Å². The van der Waals surface area contributed by atoms with Crippen LogP contribution in [0.1, 0.15) is 68.1 Å². The quantitative estimate of drug-likeness (QED) is 0.319. The maximum Gasteiger partial charge on any atom is 0.315 e. The van der Waals surface area contributed by atoms with Crippen LogP contribution in [0.5, 0.6) is 0 Å². The fourth-order valence-corrected chi connectivity index (χ4v) is 6.57. The van der Waals surface area contributed by atoms with Crippen molar-refractivity contribution in [1.82, 2.24) is 15.5 Å². The summed E-state index contributed by atoms with van der Waals surface area (Å²) in [6.07, 6.45) is 6.86. The zero-order valence-corrected chi connectivity index (χ0v) is 23.1. The Morgan fingerprint density at radius 1 is 0.872 bits per heavy atom. The van der Waals surface area contributed by atoms with E-state index in [0.717, 1.165) is 42.7 Å². The molecule has 3 aromatic carbocycles. The van der Waals surface area contributed by atoms with E-state index in [2.05, 4.69) is 45.9 Å². The van der Waals surface area contributed by atoms with Gasteiger partial charge in [-0.3, -0.25) is 0 Å². The van der Waals surface area contributed by atoms with Crippen molar-refractivity contribution in [2.75, 3.05) is 19.6 Å². The van der Waals surface area contributed by atoms with Crippen molar-refractivity contribution in [3.63, 3.8) is 0 Å². The lowest BCUT2D eigenvalue weighted by Crippen LogP contribution is -2.54. The molecule has 5 rings (SSSR count). The Morgan fingerprint density at radius 2 is 1.44 bits per heavy atom. The van der Waals surface area contributed by atoms with Crippen LogP contribution >= 0.6 is 0 Å². The van der Waals surface area contributed by atoms with Crippen molar-refractivity contribution in [3.8, 4) is 0 Å². The Kier molecular flexibility index (Phi) is 9.00. The minimum atomic E-state index is -1.33. The van der Waals surface area contributed by atoms with E-state index in [1.807, 2.05) is 67.6 Å². The van der Waals surface area contributed by atoms with Crippen LogP contribution < -0.4 is 10.6 Å². The summed E-state index contributed by atoms with van der Waals surface area (Å²) >= 11 is 0. The van der Waals surface area contributed by atoms with E-state index < -0.39 is 11.6 Å². The van der Waals surface area contributed by atoms with Crippen LogP contribution in [0.4, 0.5) is 4.79 Å². The number of aliphatic hydroxyl groups is 1. The first-order chi connectivity index (χ1) is 19.0. The van der Waals surface area contributed by atoms with Crippen LogP contribution in [0.2, 0.25) is 0 Å². The molecule has 3 N–H and O–H groups in total. The van der Waals surface area contributed by atoms with Crippen LogP contribution in [0, 0.1) is 5.92 Å². The summed E-state index contributed by atoms with van der Waals surface area (Å²) in [5, 5.41) is 18.1. The van der Waals surface area contributed by atoms with Gasteiger partial charge >= 0.3 is 6.03 Å². The molecule has 2 amide bonds. The van der Waals surface area contributed by atoms with Gasteiger partial charge in [-0.05, 0) is 87.1 Å². The molecule has 2 fully saturated rings. The van der Waals surface area contributed by atoms with E-state index in [4.69, 9.17) is 0 Å². The minimum absolute atomic E-state index is 0.184. The smallest absolute Gasteiger partial charge is 0.315 e. The zero-order chi connectivity index (χ0) is 27.1. The van der Waals surface area contributed by atoms with Crippen molar-refractivity contribution in [2.45, 2.75) is 69.1 Å². The summed E-state index contributed by atoms with van der Waals surface area (Å²) in [6, 6.07) is 29.6. The molecule has 1 heterocycles. The van der Waals surface area contributed by atoms with Gasteiger partial charge in [0.15, 0.2) is 0 Å². The Hall–Kier alpha value is -3.15. The molecule has 39 heavy (non-hydrogen) atoms. The van der Waals surface area contributed by atoms with Gasteiger partial charge in [0.2, 0.25) is 0 Å². The highest BCUT2D eigenvalue weighted by Crippen LogP contribution is 2.33. The number of carbonyl (C=O) groups excluding carboxylic acids is 1. The zero-order valence-electron chi connectivity index (χ0n) is 23.1. The summed E-state index contributed by atoms with van der Waals surface area (Å²) in [4.78, 5) is 15.7. The number of carbonyl (C=O) groups is 1. The van der Waals surface area contributed by atoms with Gasteiger partial charge in [-0.25, -0.2) is 4.79 Å². The number of urea groups is 1. The summed E-state index contributed by atoms with van der Waals surface area (Å²) in [5.41, 5.74) is 1.67. The fourth-order valence-electron chi connectivity index (χ4n) is 6.57. The van der Waals surface area contributed by atoms with Gasteiger partial charge in [0.1, 0.15) is 5.60 Å². The first-order valence-electron chi connectivity index (χ1n) is 14.7. The van der Waals surface area contributed by atoms with Crippen molar-refractivity contribution in [1.29, 1.82) is 0 Å². The lowest BCUT2D eigenvalue weighted by molar-refractivity contribution is 0.0470. The van der Waals surface area contributed by atoms with Gasteiger partial charge in [0.05, 0.1) is 6.04 Å². The fraction of sp³-hybridized carbons (Fsp3) is 0.441. The summed E-state index contributed by atoms with van der Waals surface area (Å²) in [6.45, 7) is 5.43.